The second kappa shape index (κ2) is 8.43. The van der Waals surface area contributed by atoms with Crippen molar-refractivity contribution < 1.29 is 24.6 Å². The molecule has 2 aromatic carbocycles. The van der Waals surface area contributed by atoms with Crippen LogP contribution in [0.2, 0.25) is 0 Å². The highest BCUT2D eigenvalue weighted by Crippen LogP contribution is 2.13. The van der Waals surface area contributed by atoms with Gasteiger partial charge in [-0.1, -0.05) is 12.1 Å². The molecule has 1 aliphatic heterocycles. The number of carboxylic acid groups (broad SMARTS) is 1. The van der Waals surface area contributed by atoms with Crippen molar-refractivity contribution in [3.8, 4) is 5.75 Å². The van der Waals surface area contributed by atoms with Gasteiger partial charge in [0.2, 0.25) is 0 Å². The lowest BCUT2D eigenvalue weighted by atomic mass is 10.1. The maximum absolute atomic E-state index is 12.5. The molecule has 3 N–H and O–H groups in total. The highest BCUT2D eigenvalue weighted by molar-refractivity contribution is 5.94. The summed E-state index contributed by atoms with van der Waals surface area (Å²) in [5.74, 6) is -1.01. The van der Waals surface area contributed by atoms with Crippen molar-refractivity contribution in [2.24, 2.45) is 0 Å². The van der Waals surface area contributed by atoms with E-state index in [-0.39, 0.29) is 23.3 Å². The van der Waals surface area contributed by atoms with Crippen molar-refractivity contribution in [1.29, 1.82) is 0 Å². The van der Waals surface area contributed by atoms with Gasteiger partial charge in [-0.25, -0.2) is 9.59 Å². The highest BCUT2D eigenvalue weighted by Gasteiger charge is 2.24. The van der Waals surface area contributed by atoms with Gasteiger partial charge in [0.1, 0.15) is 5.75 Å². The number of hydrogen-bond donors (Lipinski definition) is 3. The minimum atomic E-state index is -0.990. The van der Waals surface area contributed by atoms with Crippen molar-refractivity contribution in [2.75, 3.05) is 26.2 Å². The first-order valence-corrected chi connectivity index (χ1v) is 8.87. The van der Waals surface area contributed by atoms with Crippen LogP contribution in [0, 0.1) is 0 Å². The molecule has 28 heavy (non-hydrogen) atoms. The molecule has 0 saturated carbocycles. The third-order valence-corrected chi connectivity index (χ3v) is 4.61. The Hall–Kier alpha value is -3.55. The van der Waals surface area contributed by atoms with Crippen LogP contribution in [0.5, 0.6) is 5.75 Å². The van der Waals surface area contributed by atoms with Gasteiger partial charge in [0.15, 0.2) is 0 Å². The zero-order valence-electron chi connectivity index (χ0n) is 15.2. The third kappa shape index (κ3) is 4.59. The number of benzene rings is 2. The number of aromatic hydroxyl groups is 1. The lowest BCUT2D eigenvalue weighted by Crippen LogP contribution is -2.53. The maximum Gasteiger partial charge on any atom is 0.335 e. The molecule has 0 aromatic heterocycles. The van der Waals surface area contributed by atoms with E-state index < -0.39 is 5.97 Å². The van der Waals surface area contributed by atoms with Gasteiger partial charge in [0, 0.05) is 38.3 Å². The van der Waals surface area contributed by atoms with Gasteiger partial charge in [0.05, 0.1) is 5.56 Å². The van der Waals surface area contributed by atoms with E-state index in [1.165, 1.54) is 24.3 Å². The first kappa shape index (κ1) is 19.2. The monoisotopic (exact) mass is 383 g/mol. The van der Waals surface area contributed by atoms with E-state index in [0.29, 0.717) is 38.3 Å². The predicted octanol–water partition coefficient (Wildman–Crippen LogP) is 1.76. The number of carboxylic acids is 1. The smallest absolute Gasteiger partial charge is 0.335 e. The Morgan fingerprint density at radius 2 is 1.36 bits per heavy atom. The Labute approximate surface area is 162 Å². The summed E-state index contributed by atoms with van der Waals surface area (Å²) in [5, 5.41) is 21.0. The number of carbonyl (C=O) groups excluding carboxylic acids is 2. The number of nitrogens with one attached hydrogen (secondary N) is 1. The molecule has 2 aromatic rings. The van der Waals surface area contributed by atoms with E-state index in [1.54, 1.807) is 34.1 Å². The first-order chi connectivity index (χ1) is 13.4. The Morgan fingerprint density at radius 3 is 1.93 bits per heavy atom. The zero-order valence-corrected chi connectivity index (χ0v) is 15.2. The van der Waals surface area contributed by atoms with Gasteiger partial charge in [0.25, 0.3) is 5.91 Å². The van der Waals surface area contributed by atoms with Gasteiger partial charge in [-0.2, -0.15) is 0 Å². The number of amides is 3. The molecule has 0 radical (unpaired) electrons. The van der Waals surface area contributed by atoms with Crippen LogP contribution < -0.4 is 5.32 Å². The Morgan fingerprint density at radius 1 is 0.821 bits per heavy atom. The summed E-state index contributed by atoms with van der Waals surface area (Å²) in [6.07, 6.45) is 0. The average Bonchev–Trinajstić information content (AvgIpc) is 2.72. The molecular weight excluding hydrogens is 362 g/mol. The number of phenolic OH excluding ortho intramolecular Hbond substituents is 1. The largest absolute Gasteiger partial charge is 0.508 e. The van der Waals surface area contributed by atoms with Crippen LogP contribution in [0.4, 0.5) is 4.79 Å². The second-order valence-corrected chi connectivity index (χ2v) is 6.49. The fourth-order valence-corrected chi connectivity index (χ4v) is 2.95. The highest BCUT2D eigenvalue weighted by atomic mass is 16.4. The van der Waals surface area contributed by atoms with Crippen molar-refractivity contribution in [1.82, 2.24) is 15.1 Å². The van der Waals surface area contributed by atoms with Crippen molar-refractivity contribution in [2.45, 2.75) is 6.54 Å². The standard InChI is InChI=1S/C20H21N3O5/c24-17-7-5-15(6-8-17)18(25)22-9-11-23(12-10-22)20(28)21-13-14-1-3-16(4-2-14)19(26)27/h1-8,24H,9-13H2,(H,21,28)(H,26,27). The van der Waals surface area contributed by atoms with E-state index in [9.17, 15) is 19.5 Å². The van der Waals surface area contributed by atoms with E-state index in [2.05, 4.69) is 5.32 Å². The minimum absolute atomic E-state index is 0.107. The molecule has 3 amide bonds. The molecule has 1 saturated heterocycles. The zero-order chi connectivity index (χ0) is 20.1. The summed E-state index contributed by atoms with van der Waals surface area (Å²) in [6.45, 7) is 2.01. The number of piperazine rings is 1. The predicted molar refractivity (Wildman–Crippen MR) is 101 cm³/mol. The average molecular weight is 383 g/mol. The van der Waals surface area contributed by atoms with E-state index >= 15 is 0 Å². The summed E-state index contributed by atoms with van der Waals surface area (Å²) < 4.78 is 0. The number of phenols is 1. The van der Waals surface area contributed by atoms with Crippen LogP contribution in [-0.4, -0.2) is 64.1 Å². The molecule has 0 bridgehead atoms. The van der Waals surface area contributed by atoms with E-state index in [0.717, 1.165) is 5.56 Å². The number of urea groups is 1. The van der Waals surface area contributed by atoms with Crippen molar-refractivity contribution in [3.63, 3.8) is 0 Å². The van der Waals surface area contributed by atoms with Crippen LogP contribution in [0.1, 0.15) is 26.3 Å². The Balaban J connectivity index is 1.47. The lowest BCUT2D eigenvalue weighted by Gasteiger charge is -2.34. The van der Waals surface area contributed by atoms with Crippen LogP contribution in [-0.2, 0) is 6.54 Å². The topological polar surface area (TPSA) is 110 Å². The normalized spacial score (nSPS) is 13.9. The SMILES string of the molecule is O=C(O)c1ccc(CNC(=O)N2CCN(C(=O)c3ccc(O)cc3)CC2)cc1. The van der Waals surface area contributed by atoms with Gasteiger partial charge < -0.3 is 25.3 Å². The third-order valence-electron chi connectivity index (χ3n) is 4.61. The van der Waals surface area contributed by atoms with Gasteiger partial charge >= 0.3 is 12.0 Å². The molecule has 8 nitrogen and oxygen atoms in total. The lowest BCUT2D eigenvalue weighted by molar-refractivity contribution is 0.0663. The summed E-state index contributed by atoms with van der Waals surface area (Å²) in [7, 11) is 0. The quantitative estimate of drug-likeness (QED) is 0.745. The molecule has 146 valence electrons. The molecule has 1 aliphatic rings. The van der Waals surface area contributed by atoms with Gasteiger partial charge in [-0.05, 0) is 42.0 Å². The second-order valence-electron chi connectivity index (χ2n) is 6.49. The molecule has 0 aliphatic carbocycles. The molecular formula is C20H21N3O5. The summed E-state index contributed by atoms with van der Waals surface area (Å²) >= 11 is 0. The number of nitrogens with zero attached hydrogens (tertiary/aromatic N) is 2. The maximum atomic E-state index is 12.5. The summed E-state index contributed by atoms with van der Waals surface area (Å²) in [6, 6.07) is 12.2. The van der Waals surface area contributed by atoms with Crippen LogP contribution in [0.25, 0.3) is 0 Å². The molecule has 1 fully saturated rings. The number of hydrogen-bond acceptors (Lipinski definition) is 4. The van der Waals surface area contributed by atoms with Crippen molar-refractivity contribution >= 4 is 17.9 Å². The number of aromatic carboxylic acids is 1. The molecule has 8 heteroatoms. The Kier molecular flexibility index (Phi) is 5.78. The number of rotatable bonds is 4. The van der Waals surface area contributed by atoms with Crippen LogP contribution in [0.15, 0.2) is 48.5 Å². The van der Waals surface area contributed by atoms with Gasteiger partial charge in [-0.15, -0.1) is 0 Å². The van der Waals surface area contributed by atoms with E-state index in [4.69, 9.17) is 5.11 Å². The molecule has 0 unspecified atom stereocenters. The summed E-state index contributed by atoms with van der Waals surface area (Å²) in [5.41, 5.74) is 1.50. The Bertz CT molecular complexity index is 856. The van der Waals surface area contributed by atoms with Crippen LogP contribution in [0.3, 0.4) is 0 Å². The van der Waals surface area contributed by atoms with Crippen LogP contribution >= 0.6 is 0 Å². The van der Waals surface area contributed by atoms with Gasteiger partial charge in [-0.3, -0.25) is 4.79 Å². The summed E-state index contributed by atoms with van der Waals surface area (Å²) in [4.78, 5) is 39.0. The fourth-order valence-electron chi connectivity index (χ4n) is 2.95. The van der Waals surface area contributed by atoms with Crippen molar-refractivity contribution in [3.05, 3.63) is 65.2 Å². The molecule has 0 atom stereocenters. The fraction of sp³-hybridized carbons (Fsp3) is 0.250. The van der Waals surface area contributed by atoms with E-state index in [1.807, 2.05) is 0 Å². The first-order valence-electron chi connectivity index (χ1n) is 8.87. The molecule has 0 spiro atoms. The minimum Gasteiger partial charge on any atom is -0.508 e. The number of carbonyl (C=O) groups is 3. The molecule has 3 rings (SSSR count). The molecule has 1 heterocycles.